The summed E-state index contributed by atoms with van der Waals surface area (Å²) >= 11 is 5.35. The quantitative estimate of drug-likeness (QED) is 0.862. The van der Waals surface area contributed by atoms with Crippen molar-refractivity contribution in [1.29, 1.82) is 0 Å². The summed E-state index contributed by atoms with van der Waals surface area (Å²) in [5.74, 6) is 0.485. The van der Waals surface area contributed by atoms with Crippen LogP contribution in [0.3, 0.4) is 0 Å². The molecule has 0 amide bonds. The van der Waals surface area contributed by atoms with Crippen LogP contribution in [-0.4, -0.2) is 17.6 Å². The lowest BCUT2D eigenvalue weighted by Crippen LogP contribution is -2.25. The Balaban J connectivity index is 1.76. The molecule has 1 aliphatic rings. The fraction of sp³-hybridized carbons (Fsp3) is 0.400. The fourth-order valence-corrected chi connectivity index (χ4v) is 3.47. The molecule has 0 bridgehead atoms. The number of benzene rings is 1. The third-order valence-electron chi connectivity index (χ3n) is 3.51. The third kappa shape index (κ3) is 3.65. The van der Waals surface area contributed by atoms with Crippen LogP contribution >= 0.6 is 27.3 Å². The van der Waals surface area contributed by atoms with Gasteiger partial charge >= 0.3 is 0 Å². The van der Waals surface area contributed by atoms with Crippen LogP contribution in [0.25, 0.3) is 0 Å². The van der Waals surface area contributed by atoms with E-state index in [1.807, 2.05) is 5.51 Å². The van der Waals surface area contributed by atoms with Gasteiger partial charge in [-0.25, -0.2) is 4.98 Å². The van der Waals surface area contributed by atoms with Crippen LogP contribution in [0.2, 0.25) is 0 Å². The van der Waals surface area contributed by atoms with Gasteiger partial charge in [0.05, 0.1) is 11.2 Å². The maximum absolute atomic E-state index is 4.43. The first-order valence-electron chi connectivity index (χ1n) is 6.68. The zero-order valence-corrected chi connectivity index (χ0v) is 13.1. The summed E-state index contributed by atoms with van der Waals surface area (Å²) < 4.78 is 1.20. The van der Waals surface area contributed by atoms with Crippen LogP contribution in [0.4, 0.5) is 0 Å². The van der Waals surface area contributed by atoms with Crippen LogP contribution in [-0.2, 0) is 6.42 Å². The Morgan fingerprint density at radius 3 is 2.89 bits per heavy atom. The second kappa shape index (κ2) is 6.16. The number of halogens is 1. The number of hydrogen-bond donors (Lipinski definition) is 1. The highest BCUT2D eigenvalue weighted by Crippen LogP contribution is 2.28. The molecule has 1 aliphatic carbocycles. The average Bonchev–Trinajstić information content (AvgIpc) is 3.11. The van der Waals surface area contributed by atoms with E-state index in [-0.39, 0.29) is 0 Å². The molecule has 1 aromatic heterocycles. The molecule has 19 heavy (non-hydrogen) atoms. The van der Waals surface area contributed by atoms with Crippen molar-refractivity contribution < 1.29 is 0 Å². The van der Waals surface area contributed by atoms with E-state index in [2.05, 4.69) is 55.9 Å². The Bertz CT molecular complexity index is 523. The molecule has 3 rings (SSSR count). The Kier molecular flexibility index (Phi) is 4.31. The zero-order chi connectivity index (χ0) is 13.1. The minimum Gasteiger partial charge on any atom is -0.313 e. The topological polar surface area (TPSA) is 24.9 Å². The lowest BCUT2D eigenvalue weighted by atomic mass is 9.94. The standard InChI is InChI=1S/C15H17BrN2S/c16-15-4-2-1-3-14(15)11(8-17-12-5-6-12)7-13-9-19-10-18-13/h1-4,9-12,17H,5-8H2. The molecule has 1 aromatic carbocycles. The maximum atomic E-state index is 4.43. The molecular weight excluding hydrogens is 320 g/mol. The van der Waals surface area contributed by atoms with Gasteiger partial charge in [-0.05, 0) is 30.9 Å². The number of aromatic nitrogens is 1. The Labute approximate surface area is 126 Å². The first-order chi connectivity index (χ1) is 9.33. The number of hydrogen-bond acceptors (Lipinski definition) is 3. The van der Waals surface area contributed by atoms with Crippen LogP contribution < -0.4 is 5.32 Å². The molecule has 1 heterocycles. The molecule has 1 saturated carbocycles. The van der Waals surface area contributed by atoms with E-state index >= 15 is 0 Å². The third-order valence-corrected chi connectivity index (χ3v) is 4.87. The Morgan fingerprint density at radius 2 is 2.21 bits per heavy atom. The molecule has 0 aliphatic heterocycles. The summed E-state index contributed by atoms with van der Waals surface area (Å²) in [5, 5.41) is 5.80. The fourth-order valence-electron chi connectivity index (χ4n) is 2.29. The summed E-state index contributed by atoms with van der Waals surface area (Å²) in [6.07, 6.45) is 3.67. The molecule has 4 heteroatoms. The Hall–Kier alpha value is -0.710. The summed E-state index contributed by atoms with van der Waals surface area (Å²) in [6.45, 7) is 1.03. The average molecular weight is 337 g/mol. The predicted octanol–water partition coefficient (Wildman–Crippen LogP) is 3.98. The highest BCUT2D eigenvalue weighted by Gasteiger charge is 2.23. The van der Waals surface area contributed by atoms with Gasteiger partial charge in [0.2, 0.25) is 0 Å². The van der Waals surface area contributed by atoms with Gasteiger partial charge in [0.15, 0.2) is 0 Å². The molecule has 100 valence electrons. The number of thiazole rings is 1. The lowest BCUT2D eigenvalue weighted by Gasteiger charge is -2.18. The van der Waals surface area contributed by atoms with Crippen molar-refractivity contribution in [1.82, 2.24) is 10.3 Å². The summed E-state index contributed by atoms with van der Waals surface area (Å²) in [4.78, 5) is 4.43. The molecule has 0 radical (unpaired) electrons. The zero-order valence-electron chi connectivity index (χ0n) is 10.7. The van der Waals surface area contributed by atoms with Crippen LogP contribution in [0.5, 0.6) is 0 Å². The SMILES string of the molecule is Brc1ccccc1C(CNC1CC1)Cc1cscn1. The second-order valence-electron chi connectivity index (χ2n) is 5.08. The van der Waals surface area contributed by atoms with Gasteiger partial charge in [0.25, 0.3) is 0 Å². The predicted molar refractivity (Wildman–Crippen MR) is 83.7 cm³/mol. The second-order valence-corrected chi connectivity index (χ2v) is 6.66. The van der Waals surface area contributed by atoms with Crippen molar-refractivity contribution in [3.63, 3.8) is 0 Å². The first kappa shape index (κ1) is 13.3. The van der Waals surface area contributed by atoms with E-state index in [0.29, 0.717) is 5.92 Å². The minimum atomic E-state index is 0.485. The van der Waals surface area contributed by atoms with E-state index in [1.54, 1.807) is 11.3 Å². The van der Waals surface area contributed by atoms with Gasteiger partial charge in [-0.1, -0.05) is 34.1 Å². The molecule has 2 nitrogen and oxygen atoms in total. The highest BCUT2D eigenvalue weighted by atomic mass is 79.9. The highest BCUT2D eigenvalue weighted by molar-refractivity contribution is 9.10. The van der Waals surface area contributed by atoms with Crippen LogP contribution in [0.1, 0.15) is 30.0 Å². The van der Waals surface area contributed by atoms with Crippen LogP contribution in [0.15, 0.2) is 39.6 Å². The van der Waals surface area contributed by atoms with Crippen molar-refractivity contribution in [2.75, 3.05) is 6.54 Å². The molecule has 0 saturated heterocycles. The molecule has 1 N–H and O–H groups in total. The van der Waals surface area contributed by atoms with Gasteiger partial charge < -0.3 is 5.32 Å². The smallest absolute Gasteiger partial charge is 0.0794 e. The molecule has 1 unspecified atom stereocenters. The maximum Gasteiger partial charge on any atom is 0.0794 e. The molecule has 2 aromatic rings. The van der Waals surface area contributed by atoms with E-state index < -0.39 is 0 Å². The van der Waals surface area contributed by atoms with E-state index in [4.69, 9.17) is 0 Å². The largest absolute Gasteiger partial charge is 0.313 e. The first-order valence-corrected chi connectivity index (χ1v) is 8.41. The van der Waals surface area contributed by atoms with Crippen molar-refractivity contribution in [3.8, 4) is 0 Å². The number of nitrogens with zero attached hydrogens (tertiary/aromatic N) is 1. The van der Waals surface area contributed by atoms with Gasteiger partial charge in [-0.2, -0.15) is 0 Å². The summed E-state index contributed by atoms with van der Waals surface area (Å²) in [6, 6.07) is 9.28. The van der Waals surface area contributed by atoms with E-state index in [0.717, 1.165) is 19.0 Å². The van der Waals surface area contributed by atoms with Gasteiger partial charge in [0.1, 0.15) is 0 Å². The van der Waals surface area contributed by atoms with Crippen molar-refractivity contribution in [3.05, 3.63) is 50.9 Å². The van der Waals surface area contributed by atoms with Crippen molar-refractivity contribution in [2.45, 2.75) is 31.2 Å². The van der Waals surface area contributed by atoms with Crippen LogP contribution in [0, 0.1) is 0 Å². The number of rotatable bonds is 6. The summed E-state index contributed by atoms with van der Waals surface area (Å²) in [5.41, 5.74) is 4.49. The lowest BCUT2D eigenvalue weighted by molar-refractivity contribution is 0.572. The van der Waals surface area contributed by atoms with E-state index in [9.17, 15) is 0 Å². The van der Waals surface area contributed by atoms with E-state index in [1.165, 1.54) is 28.6 Å². The molecule has 0 spiro atoms. The van der Waals surface area contributed by atoms with Gasteiger partial charge in [-0.3, -0.25) is 0 Å². The monoisotopic (exact) mass is 336 g/mol. The Morgan fingerprint density at radius 1 is 1.37 bits per heavy atom. The molecular formula is C15H17BrN2S. The number of nitrogens with one attached hydrogen (secondary N) is 1. The summed E-state index contributed by atoms with van der Waals surface area (Å²) in [7, 11) is 0. The van der Waals surface area contributed by atoms with Gasteiger partial charge in [-0.15, -0.1) is 11.3 Å². The van der Waals surface area contributed by atoms with Crippen molar-refractivity contribution in [2.24, 2.45) is 0 Å². The molecule has 1 fully saturated rings. The minimum absolute atomic E-state index is 0.485. The normalized spacial score (nSPS) is 16.5. The van der Waals surface area contributed by atoms with Gasteiger partial charge in [0, 0.05) is 28.4 Å². The molecule has 1 atom stereocenters. The van der Waals surface area contributed by atoms with Crippen molar-refractivity contribution >= 4 is 27.3 Å².